The van der Waals surface area contributed by atoms with Crippen LogP contribution in [0.25, 0.3) is 0 Å². The van der Waals surface area contributed by atoms with Crippen LogP contribution < -0.4 is 0 Å². The zero-order valence-corrected chi connectivity index (χ0v) is 11.7. The van der Waals surface area contributed by atoms with E-state index in [2.05, 4.69) is 21.8 Å². The van der Waals surface area contributed by atoms with Crippen LogP contribution in [0.2, 0.25) is 0 Å². The molecule has 0 saturated heterocycles. The molecule has 0 saturated carbocycles. The number of hydrogen-bond donors (Lipinski definition) is 1. The van der Waals surface area contributed by atoms with E-state index in [0.717, 1.165) is 5.56 Å². The predicted octanol–water partition coefficient (Wildman–Crippen LogP) is 1.09. The molecule has 2 rings (SSSR count). The average molecular weight is 281 g/mol. The molecular formula is C16H15N3O2. The van der Waals surface area contributed by atoms with E-state index in [9.17, 15) is 4.79 Å². The van der Waals surface area contributed by atoms with Crippen molar-refractivity contribution in [3.05, 3.63) is 59.7 Å². The molecule has 0 fully saturated rings. The average Bonchev–Trinajstić information content (AvgIpc) is 2.53. The van der Waals surface area contributed by atoms with E-state index in [-0.39, 0.29) is 12.5 Å². The number of carbonyl (C=O) groups is 1. The highest BCUT2D eigenvalue weighted by atomic mass is 16.2. The Labute approximate surface area is 123 Å². The molecule has 1 N–H and O–H groups in total. The molecule has 0 aliphatic heterocycles. The van der Waals surface area contributed by atoms with Gasteiger partial charge in [-0.2, -0.15) is 0 Å². The smallest absolute Gasteiger partial charge is 0.272 e. The first-order valence-electron chi connectivity index (χ1n) is 6.41. The molecule has 0 radical (unpaired) electrons. The van der Waals surface area contributed by atoms with Crippen molar-refractivity contribution in [2.75, 3.05) is 13.7 Å². The second-order valence-electron chi connectivity index (χ2n) is 4.41. The summed E-state index contributed by atoms with van der Waals surface area (Å²) in [5.74, 6) is 5.11. The topological polar surface area (TPSA) is 66.3 Å². The molecule has 2 aromatic heterocycles. The first-order valence-corrected chi connectivity index (χ1v) is 6.41. The molecule has 1 amide bonds. The van der Waals surface area contributed by atoms with Gasteiger partial charge >= 0.3 is 0 Å². The summed E-state index contributed by atoms with van der Waals surface area (Å²) in [6.07, 6.45) is 4.91. The van der Waals surface area contributed by atoms with Crippen LogP contribution in [-0.4, -0.2) is 39.5 Å². The van der Waals surface area contributed by atoms with E-state index in [1.165, 1.54) is 6.20 Å². The van der Waals surface area contributed by atoms with Crippen LogP contribution in [0.15, 0.2) is 42.9 Å². The number of hydrogen-bond acceptors (Lipinski definition) is 4. The summed E-state index contributed by atoms with van der Waals surface area (Å²) in [7, 11) is 1.73. The molecule has 0 spiro atoms. The van der Waals surface area contributed by atoms with Gasteiger partial charge in [0.05, 0.1) is 0 Å². The van der Waals surface area contributed by atoms with Crippen LogP contribution in [0.4, 0.5) is 0 Å². The van der Waals surface area contributed by atoms with E-state index in [4.69, 9.17) is 5.11 Å². The van der Waals surface area contributed by atoms with Crippen LogP contribution in [0.3, 0.4) is 0 Å². The van der Waals surface area contributed by atoms with Gasteiger partial charge in [0.25, 0.3) is 5.91 Å². The molecule has 0 aromatic carbocycles. The van der Waals surface area contributed by atoms with Gasteiger partial charge in [-0.3, -0.25) is 9.78 Å². The fourth-order valence-electron chi connectivity index (χ4n) is 1.77. The van der Waals surface area contributed by atoms with Crippen molar-refractivity contribution in [1.29, 1.82) is 0 Å². The van der Waals surface area contributed by atoms with Gasteiger partial charge in [-0.05, 0) is 29.8 Å². The molecule has 0 atom stereocenters. The summed E-state index contributed by atoms with van der Waals surface area (Å²) in [6, 6.07) is 7.07. The largest absolute Gasteiger partial charge is 0.384 e. The van der Waals surface area contributed by atoms with E-state index in [1.807, 2.05) is 12.1 Å². The minimum atomic E-state index is -0.199. The molecule has 0 aliphatic rings. The molecule has 5 nitrogen and oxygen atoms in total. The number of pyridine rings is 2. The Morgan fingerprint density at radius 1 is 1.29 bits per heavy atom. The second-order valence-corrected chi connectivity index (χ2v) is 4.41. The van der Waals surface area contributed by atoms with Gasteiger partial charge < -0.3 is 10.0 Å². The molecule has 2 heterocycles. The van der Waals surface area contributed by atoms with Gasteiger partial charge in [0.1, 0.15) is 12.3 Å². The van der Waals surface area contributed by atoms with E-state index >= 15 is 0 Å². The second kappa shape index (κ2) is 7.17. The Morgan fingerprint density at radius 2 is 2.05 bits per heavy atom. The maximum atomic E-state index is 12.2. The molecule has 0 unspecified atom stereocenters. The van der Waals surface area contributed by atoms with Gasteiger partial charge in [-0.1, -0.05) is 11.8 Å². The Kier molecular flexibility index (Phi) is 5.02. The van der Waals surface area contributed by atoms with Crippen molar-refractivity contribution in [3.63, 3.8) is 0 Å². The fourth-order valence-corrected chi connectivity index (χ4v) is 1.77. The van der Waals surface area contributed by atoms with Crippen molar-refractivity contribution < 1.29 is 9.90 Å². The van der Waals surface area contributed by atoms with E-state index in [1.54, 1.807) is 36.5 Å². The number of aliphatic hydroxyl groups is 1. The highest BCUT2D eigenvalue weighted by molar-refractivity contribution is 5.92. The lowest BCUT2D eigenvalue weighted by Gasteiger charge is -2.16. The number of aromatic nitrogens is 2. The minimum absolute atomic E-state index is 0.159. The molecule has 5 heteroatoms. The summed E-state index contributed by atoms with van der Waals surface area (Å²) in [4.78, 5) is 21.9. The van der Waals surface area contributed by atoms with Crippen LogP contribution in [0, 0.1) is 11.8 Å². The number of amides is 1. The van der Waals surface area contributed by atoms with Gasteiger partial charge in [0, 0.05) is 37.7 Å². The summed E-state index contributed by atoms with van der Waals surface area (Å²) in [5, 5.41) is 8.62. The van der Waals surface area contributed by atoms with Crippen LogP contribution in [-0.2, 0) is 6.54 Å². The van der Waals surface area contributed by atoms with Crippen molar-refractivity contribution in [1.82, 2.24) is 14.9 Å². The maximum Gasteiger partial charge on any atom is 0.272 e. The predicted molar refractivity (Wildman–Crippen MR) is 78.2 cm³/mol. The van der Waals surface area contributed by atoms with Gasteiger partial charge in [0.2, 0.25) is 0 Å². The highest BCUT2D eigenvalue weighted by Gasteiger charge is 2.13. The van der Waals surface area contributed by atoms with Gasteiger partial charge in [-0.15, -0.1) is 0 Å². The molecule has 0 aliphatic carbocycles. The number of aliphatic hydroxyl groups excluding tert-OH is 1. The van der Waals surface area contributed by atoms with E-state index in [0.29, 0.717) is 17.8 Å². The lowest BCUT2D eigenvalue weighted by Crippen LogP contribution is -2.27. The summed E-state index contributed by atoms with van der Waals surface area (Å²) < 4.78 is 0. The van der Waals surface area contributed by atoms with Crippen molar-refractivity contribution in [3.8, 4) is 11.8 Å². The zero-order valence-electron chi connectivity index (χ0n) is 11.7. The quantitative estimate of drug-likeness (QED) is 0.855. The zero-order chi connectivity index (χ0) is 15.1. The molecule has 2 aromatic rings. The maximum absolute atomic E-state index is 12.2. The highest BCUT2D eigenvalue weighted by Crippen LogP contribution is 2.06. The minimum Gasteiger partial charge on any atom is -0.384 e. The number of rotatable bonds is 3. The normalized spacial score (nSPS) is 9.62. The molecule has 0 bridgehead atoms. The summed E-state index contributed by atoms with van der Waals surface area (Å²) in [6.45, 7) is 0.296. The Bertz CT molecular complexity index is 657. The molecular weight excluding hydrogens is 266 g/mol. The summed E-state index contributed by atoms with van der Waals surface area (Å²) >= 11 is 0. The lowest BCUT2D eigenvalue weighted by atomic mass is 10.2. The Balaban J connectivity index is 2.05. The number of nitrogens with zero attached hydrogens (tertiary/aromatic N) is 3. The third-order valence-corrected chi connectivity index (χ3v) is 2.81. The van der Waals surface area contributed by atoms with Gasteiger partial charge in [-0.25, -0.2) is 4.98 Å². The standard InChI is InChI=1S/C16H15N3O2/c1-19(12-14-6-8-17-9-7-14)16(21)15-5-4-13(11-18-15)3-2-10-20/h4-9,11,20H,10,12H2,1H3. The van der Waals surface area contributed by atoms with Crippen LogP contribution in [0.1, 0.15) is 21.6 Å². The van der Waals surface area contributed by atoms with Crippen molar-refractivity contribution in [2.24, 2.45) is 0 Å². The van der Waals surface area contributed by atoms with Crippen LogP contribution in [0.5, 0.6) is 0 Å². The first kappa shape index (κ1) is 14.7. The fraction of sp³-hybridized carbons (Fsp3) is 0.188. The SMILES string of the molecule is CN(Cc1ccncc1)C(=O)c1ccc(C#CCO)cn1. The monoisotopic (exact) mass is 281 g/mol. The first-order chi connectivity index (χ1) is 10.2. The van der Waals surface area contributed by atoms with Crippen molar-refractivity contribution in [2.45, 2.75) is 6.54 Å². The molecule has 106 valence electrons. The Hall–Kier alpha value is -2.71. The third-order valence-electron chi connectivity index (χ3n) is 2.81. The van der Waals surface area contributed by atoms with Crippen molar-refractivity contribution >= 4 is 5.91 Å². The van der Waals surface area contributed by atoms with Gasteiger partial charge in [0.15, 0.2) is 0 Å². The summed E-state index contributed by atoms with van der Waals surface area (Å²) in [5.41, 5.74) is 2.03. The van der Waals surface area contributed by atoms with E-state index < -0.39 is 0 Å². The Morgan fingerprint density at radius 3 is 2.67 bits per heavy atom. The molecule has 21 heavy (non-hydrogen) atoms. The lowest BCUT2D eigenvalue weighted by molar-refractivity contribution is 0.0779. The van der Waals surface area contributed by atoms with Crippen LogP contribution >= 0.6 is 0 Å². The number of carbonyl (C=O) groups excluding carboxylic acids is 1. The third kappa shape index (κ3) is 4.13.